The molecule has 2 N–H and O–H groups in total. The SMILES string of the molecule is OCC1(CNc2nc(Cl)nnc2Cl)CCCC1. The minimum Gasteiger partial charge on any atom is -0.396 e. The van der Waals surface area contributed by atoms with E-state index in [9.17, 15) is 5.11 Å². The predicted molar refractivity (Wildman–Crippen MR) is 66.3 cm³/mol. The van der Waals surface area contributed by atoms with Crippen molar-refractivity contribution in [2.45, 2.75) is 25.7 Å². The van der Waals surface area contributed by atoms with E-state index in [0.29, 0.717) is 12.4 Å². The predicted octanol–water partition coefficient (Wildman–Crippen LogP) is 2.14. The highest BCUT2D eigenvalue weighted by Crippen LogP contribution is 2.37. The van der Waals surface area contributed by atoms with E-state index in [1.165, 1.54) is 0 Å². The van der Waals surface area contributed by atoms with Crippen LogP contribution in [0.2, 0.25) is 10.4 Å². The molecule has 0 bridgehead atoms. The van der Waals surface area contributed by atoms with Crippen molar-refractivity contribution in [1.82, 2.24) is 15.2 Å². The van der Waals surface area contributed by atoms with Crippen molar-refractivity contribution in [3.05, 3.63) is 10.4 Å². The van der Waals surface area contributed by atoms with Crippen LogP contribution in [0.5, 0.6) is 0 Å². The third kappa shape index (κ3) is 2.97. The molecule has 1 fully saturated rings. The topological polar surface area (TPSA) is 70.9 Å². The Kier molecular flexibility index (Phi) is 4.01. The van der Waals surface area contributed by atoms with Gasteiger partial charge < -0.3 is 10.4 Å². The van der Waals surface area contributed by atoms with E-state index in [1.807, 2.05) is 0 Å². The van der Waals surface area contributed by atoms with E-state index in [0.717, 1.165) is 25.7 Å². The van der Waals surface area contributed by atoms with Crippen molar-refractivity contribution in [3.63, 3.8) is 0 Å². The molecular formula is C10H14Cl2N4O. The van der Waals surface area contributed by atoms with E-state index in [1.54, 1.807) is 0 Å². The Morgan fingerprint density at radius 1 is 1.24 bits per heavy atom. The third-order valence-corrected chi connectivity index (χ3v) is 3.66. The average molecular weight is 277 g/mol. The van der Waals surface area contributed by atoms with Gasteiger partial charge in [-0.05, 0) is 24.4 Å². The molecule has 0 atom stereocenters. The van der Waals surface area contributed by atoms with Crippen LogP contribution in [0.15, 0.2) is 0 Å². The van der Waals surface area contributed by atoms with Gasteiger partial charge in [0.15, 0.2) is 11.0 Å². The summed E-state index contributed by atoms with van der Waals surface area (Å²) in [5.41, 5.74) is -0.0687. The molecule has 1 aliphatic carbocycles. The quantitative estimate of drug-likeness (QED) is 0.882. The van der Waals surface area contributed by atoms with Crippen LogP contribution in [0, 0.1) is 5.41 Å². The average Bonchev–Trinajstić information content (AvgIpc) is 2.80. The Bertz CT molecular complexity index is 396. The van der Waals surface area contributed by atoms with Gasteiger partial charge in [0.1, 0.15) is 0 Å². The molecule has 94 valence electrons. The molecule has 0 aliphatic heterocycles. The van der Waals surface area contributed by atoms with Gasteiger partial charge in [-0.15, -0.1) is 10.2 Å². The first-order valence-corrected chi connectivity index (χ1v) is 6.31. The second-order valence-corrected chi connectivity index (χ2v) is 5.14. The first kappa shape index (κ1) is 12.8. The van der Waals surface area contributed by atoms with Crippen molar-refractivity contribution < 1.29 is 5.11 Å². The summed E-state index contributed by atoms with van der Waals surface area (Å²) in [5.74, 6) is 0.423. The lowest BCUT2D eigenvalue weighted by atomic mass is 9.87. The highest BCUT2D eigenvalue weighted by atomic mass is 35.5. The molecule has 1 aromatic rings. The normalized spacial score (nSPS) is 18.3. The van der Waals surface area contributed by atoms with Crippen LogP contribution in [-0.2, 0) is 0 Å². The Hall–Kier alpha value is -0.650. The maximum Gasteiger partial charge on any atom is 0.245 e. The van der Waals surface area contributed by atoms with Crippen LogP contribution < -0.4 is 5.32 Å². The van der Waals surface area contributed by atoms with Crippen LogP contribution in [0.4, 0.5) is 5.82 Å². The Balaban J connectivity index is 2.03. The minimum atomic E-state index is -0.0687. The summed E-state index contributed by atoms with van der Waals surface area (Å²) in [6.45, 7) is 0.794. The number of halogens is 2. The highest BCUT2D eigenvalue weighted by molar-refractivity contribution is 6.32. The summed E-state index contributed by atoms with van der Waals surface area (Å²) >= 11 is 11.5. The summed E-state index contributed by atoms with van der Waals surface area (Å²) in [5, 5.41) is 20.0. The van der Waals surface area contributed by atoms with E-state index >= 15 is 0 Å². The van der Waals surface area contributed by atoms with Gasteiger partial charge in [0.25, 0.3) is 0 Å². The number of aliphatic hydroxyl groups excluding tert-OH is 1. The molecule has 1 aromatic heterocycles. The molecule has 0 spiro atoms. The largest absolute Gasteiger partial charge is 0.396 e. The molecule has 0 saturated heterocycles. The maximum absolute atomic E-state index is 9.47. The summed E-state index contributed by atoms with van der Waals surface area (Å²) in [6, 6.07) is 0. The first-order chi connectivity index (χ1) is 8.15. The van der Waals surface area contributed by atoms with Gasteiger partial charge in [-0.3, -0.25) is 0 Å². The maximum atomic E-state index is 9.47. The van der Waals surface area contributed by atoms with Gasteiger partial charge in [0.05, 0.1) is 6.61 Å². The van der Waals surface area contributed by atoms with Crippen molar-refractivity contribution in [2.75, 3.05) is 18.5 Å². The first-order valence-electron chi connectivity index (χ1n) is 5.56. The van der Waals surface area contributed by atoms with Crippen molar-refractivity contribution in [1.29, 1.82) is 0 Å². The minimum absolute atomic E-state index is 0.0568. The number of hydrogen-bond donors (Lipinski definition) is 2. The van der Waals surface area contributed by atoms with Crippen LogP contribution in [0.1, 0.15) is 25.7 Å². The highest BCUT2D eigenvalue weighted by Gasteiger charge is 2.33. The molecule has 7 heteroatoms. The fourth-order valence-electron chi connectivity index (χ4n) is 2.19. The summed E-state index contributed by atoms with van der Waals surface area (Å²) < 4.78 is 0. The van der Waals surface area contributed by atoms with Crippen LogP contribution >= 0.6 is 23.2 Å². The molecule has 1 heterocycles. The van der Waals surface area contributed by atoms with Crippen LogP contribution in [-0.4, -0.2) is 33.4 Å². The van der Waals surface area contributed by atoms with E-state index in [4.69, 9.17) is 23.2 Å². The lowest BCUT2D eigenvalue weighted by Gasteiger charge is -2.26. The standard InChI is InChI=1S/C10H14Cl2N4O/c11-7-8(14-9(12)16-15-7)13-5-10(6-17)3-1-2-4-10/h17H,1-6H2,(H,13,14,16). The molecule has 1 aliphatic rings. The Labute approximate surface area is 110 Å². The number of nitrogens with one attached hydrogen (secondary N) is 1. The number of anilines is 1. The molecule has 2 rings (SSSR count). The van der Waals surface area contributed by atoms with Crippen molar-refractivity contribution in [3.8, 4) is 0 Å². The lowest BCUT2D eigenvalue weighted by Crippen LogP contribution is -2.31. The molecule has 17 heavy (non-hydrogen) atoms. The second-order valence-electron chi connectivity index (χ2n) is 4.44. The van der Waals surface area contributed by atoms with Crippen molar-refractivity contribution >= 4 is 29.0 Å². The third-order valence-electron chi connectivity index (χ3n) is 3.25. The fraction of sp³-hybridized carbons (Fsp3) is 0.700. The Morgan fingerprint density at radius 3 is 2.59 bits per heavy atom. The second kappa shape index (κ2) is 5.33. The van der Waals surface area contributed by atoms with Gasteiger partial charge in [0.2, 0.25) is 5.28 Å². The van der Waals surface area contributed by atoms with Gasteiger partial charge >= 0.3 is 0 Å². The zero-order chi connectivity index (χ0) is 12.3. The number of rotatable bonds is 4. The zero-order valence-corrected chi connectivity index (χ0v) is 10.8. The summed E-state index contributed by atoms with van der Waals surface area (Å²) in [4.78, 5) is 3.97. The Morgan fingerprint density at radius 2 is 1.94 bits per heavy atom. The number of aliphatic hydroxyl groups is 1. The molecule has 0 aromatic carbocycles. The number of hydrogen-bond acceptors (Lipinski definition) is 5. The molecular weight excluding hydrogens is 263 g/mol. The van der Waals surface area contributed by atoms with Gasteiger partial charge in [-0.25, -0.2) is 0 Å². The molecule has 0 radical (unpaired) electrons. The monoisotopic (exact) mass is 276 g/mol. The molecule has 5 nitrogen and oxygen atoms in total. The van der Waals surface area contributed by atoms with E-state index < -0.39 is 0 Å². The molecule has 0 amide bonds. The number of aromatic nitrogens is 3. The van der Waals surface area contributed by atoms with Crippen LogP contribution in [0.25, 0.3) is 0 Å². The van der Waals surface area contributed by atoms with Crippen LogP contribution in [0.3, 0.4) is 0 Å². The van der Waals surface area contributed by atoms with Gasteiger partial charge in [0, 0.05) is 12.0 Å². The number of nitrogens with zero attached hydrogens (tertiary/aromatic N) is 3. The van der Waals surface area contributed by atoms with E-state index in [-0.39, 0.29) is 22.5 Å². The van der Waals surface area contributed by atoms with Gasteiger partial charge in [-0.1, -0.05) is 24.4 Å². The molecule has 1 saturated carbocycles. The fourth-order valence-corrected chi connectivity index (χ4v) is 2.46. The summed E-state index contributed by atoms with van der Waals surface area (Å²) in [7, 11) is 0. The summed E-state index contributed by atoms with van der Waals surface area (Å²) in [6.07, 6.45) is 4.33. The zero-order valence-electron chi connectivity index (χ0n) is 9.29. The lowest BCUT2D eigenvalue weighted by molar-refractivity contribution is 0.142. The van der Waals surface area contributed by atoms with Crippen molar-refractivity contribution in [2.24, 2.45) is 5.41 Å². The van der Waals surface area contributed by atoms with E-state index in [2.05, 4.69) is 20.5 Å². The van der Waals surface area contributed by atoms with Gasteiger partial charge in [-0.2, -0.15) is 4.98 Å². The molecule has 0 unspecified atom stereocenters. The smallest absolute Gasteiger partial charge is 0.245 e.